The molecule has 72 valence electrons. The number of hydrogen-bond donors (Lipinski definition) is 1. The maximum absolute atomic E-state index is 10.0. The summed E-state index contributed by atoms with van der Waals surface area (Å²) in [7, 11) is 0. The lowest BCUT2D eigenvalue weighted by molar-refractivity contribution is -0.415. The number of nitroso groups, excluding NO2 is 1. The first-order valence-electron chi connectivity index (χ1n) is 3.53. The molecular formula is C7H11N3O3. The molecule has 0 atom stereocenters. The van der Waals surface area contributed by atoms with E-state index in [4.69, 9.17) is 5.41 Å². The van der Waals surface area contributed by atoms with E-state index in [0.717, 1.165) is 12.2 Å². The lowest BCUT2D eigenvalue weighted by atomic mass is 10.4. The number of nitrogens with one attached hydrogen (secondary N) is 1. The van der Waals surface area contributed by atoms with Gasteiger partial charge < -0.3 is 0 Å². The summed E-state index contributed by atoms with van der Waals surface area (Å²) in [6.07, 6.45) is 2.04. The van der Waals surface area contributed by atoms with E-state index in [1.165, 1.54) is 0 Å². The van der Waals surface area contributed by atoms with Gasteiger partial charge in [0, 0.05) is 6.08 Å². The monoisotopic (exact) mass is 185 g/mol. The van der Waals surface area contributed by atoms with Crippen LogP contribution in [0.2, 0.25) is 0 Å². The van der Waals surface area contributed by atoms with Gasteiger partial charge in [-0.1, -0.05) is 26.5 Å². The smallest absolute Gasteiger partial charge is 0.274 e. The molecule has 6 heteroatoms. The highest BCUT2D eigenvalue weighted by atomic mass is 16.6. The normalized spacial score (nSPS) is 9.23. The maximum atomic E-state index is 10.0. The van der Waals surface area contributed by atoms with Crippen molar-refractivity contribution in [3.63, 3.8) is 0 Å². The predicted molar refractivity (Wildman–Crippen MR) is 50.1 cm³/mol. The average molecular weight is 185 g/mol. The Bertz CT molecular complexity index is 245. The van der Waals surface area contributed by atoms with E-state index in [-0.39, 0.29) is 0 Å². The van der Waals surface area contributed by atoms with Gasteiger partial charge in [-0.25, -0.2) is 0 Å². The van der Waals surface area contributed by atoms with E-state index >= 15 is 0 Å². The van der Waals surface area contributed by atoms with Gasteiger partial charge in [-0.3, -0.25) is 15.5 Å². The molecule has 0 saturated heterocycles. The largest absolute Gasteiger partial charge is 0.316 e. The summed E-state index contributed by atoms with van der Waals surface area (Å²) in [4.78, 5) is 18.8. The van der Waals surface area contributed by atoms with Crippen molar-refractivity contribution in [2.75, 3.05) is 0 Å². The second-order valence-electron chi connectivity index (χ2n) is 1.48. The maximum Gasteiger partial charge on any atom is 0.316 e. The molecule has 0 aromatic carbocycles. The van der Waals surface area contributed by atoms with Gasteiger partial charge in [0.05, 0.1) is 4.92 Å². The number of rotatable bonds is 3. The fourth-order valence-electron chi connectivity index (χ4n) is 0.385. The van der Waals surface area contributed by atoms with Crippen molar-refractivity contribution in [1.29, 1.82) is 5.41 Å². The van der Waals surface area contributed by atoms with Gasteiger partial charge >= 0.3 is 5.70 Å². The summed E-state index contributed by atoms with van der Waals surface area (Å²) in [5.74, 6) is -0.908. The van der Waals surface area contributed by atoms with Crippen molar-refractivity contribution in [1.82, 2.24) is 0 Å². The Balaban J connectivity index is 0. The number of nitro groups is 1. The summed E-state index contributed by atoms with van der Waals surface area (Å²) in [5.41, 5.74) is -0.657. The van der Waals surface area contributed by atoms with Crippen LogP contribution in [0, 0.1) is 20.4 Å². The Morgan fingerprint density at radius 1 is 1.62 bits per heavy atom. The van der Waals surface area contributed by atoms with Crippen LogP contribution < -0.4 is 0 Å². The molecule has 13 heavy (non-hydrogen) atoms. The molecule has 0 amide bonds. The Hall–Kier alpha value is -1.85. The molecule has 0 bridgehead atoms. The minimum atomic E-state index is -0.908. The highest BCUT2D eigenvalue weighted by molar-refractivity contribution is 5.94. The fraction of sp³-hybridized carbons (Fsp3) is 0.286. The Labute approximate surface area is 75.6 Å². The molecule has 0 radical (unpaired) electrons. The van der Waals surface area contributed by atoms with Crippen LogP contribution >= 0.6 is 0 Å². The molecule has 0 aliphatic carbocycles. The molecule has 0 spiro atoms. The highest BCUT2D eigenvalue weighted by Gasteiger charge is 2.16. The van der Waals surface area contributed by atoms with Crippen LogP contribution in [0.15, 0.2) is 29.6 Å². The SMILES string of the molecule is C=C/C=C(\C(=N)N=O)[N+](=O)[O-].CC. The molecule has 0 aliphatic heterocycles. The Kier molecular flexibility index (Phi) is 8.71. The number of allylic oxidation sites excluding steroid dienone is 2. The lowest BCUT2D eigenvalue weighted by Crippen LogP contribution is -2.07. The first kappa shape index (κ1) is 13.7. The Morgan fingerprint density at radius 2 is 2.08 bits per heavy atom. The van der Waals surface area contributed by atoms with Crippen LogP contribution in [-0.2, 0) is 0 Å². The summed E-state index contributed by atoms with van der Waals surface area (Å²) in [6.45, 7) is 7.18. The van der Waals surface area contributed by atoms with Gasteiger partial charge in [-0.2, -0.15) is 0 Å². The van der Waals surface area contributed by atoms with Crippen molar-refractivity contribution in [2.24, 2.45) is 5.18 Å². The molecule has 0 unspecified atom stereocenters. The predicted octanol–water partition coefficient (Wildman–Crippen LogP) is 2.10. The molecular weight excluding hydrogens is 174 g/mol. The first-order valence-corrected chi connectivity index (χ1v) is 3.53. The standard InChI is InChI=1S/C5H5N3O3.C2H6/c1-2-3-4(8(10)11)5(6)7-9;1-2/h2-3,6H,1H2;1-2H3/b4-3+,6-5?;. The van der Waals surface area contributed by atoms with Gasteiger partial charge in [-0.15, -0.1) is 4.91 Å². The van der Waals surface area contributed by atoms with Crippen LogP contribution in [-0.4, -0.2) is 10.8 Å². The summed E-state index contributed by atoms with van der Waals surface area (Å²) < 4.78 is 0. The highest BCUT2D eigenvalue weighted by Crippen LogP contribution is 1.98. The molecule has 6 nitrogen and oxygen atoms in total. The molecule has 0 aromatic rings. The summed E-state index contributed by atoms with van der Waals surface area (Å²) in [6, 6.07) is 0. The zero-order valence-electron chi connectivity index (χ0n) is 7.48. The Morgan fingerprint density at radius 3 is 2.31 bits per heavy atom. The zero-order chi connectivity index (χ0) is 10.9. The lowest BCUT2D eigenvalue weighted by Gasteiger charge is -1.88. The van der Waals surface area contributed by atoms with Gasteiger partial charge in [0.25, 0.3) is 5.84 Å². The van der Waals surface area contributed by atoms with E-state index < -0.39 is 16.5 Å². The third-order valence-corrected chi connectivity index (χ3v) is 0.806. The summed E-state index contributed by atoms with van der Waals surface area (Å²) in [5, 5.41) is 18.8. The third-order valence-electron chi connectivity index (χ3n) is 0.806. The van der Waals surface area contributed by atoms with Crippen molar-refractivity contribution >= 4 is 5.84 Å². The van der Waals surface area contributed by atoms with E-state index in [0.29, 0.717) is 0 Å². The van der Waals surface area contributed by atoms with E-state index in [9.17, 15) is 15.0 Å². The van der Waals surface area contributed by atoms with Crippen molar-refractivity contribution < 1.29 is 4.92 Å². The van der Waals surface area contributed by atoms with Crippen LogP contribution in [0.1, 0.15) is 13.8 Å². The topological polar surface area (TPSA) is 96.4 Å². The van der Waals surface area contributed by atoms with E-state index in [2.05, 4.69) is 11.8 Å². The van der Waals surface area contributed by atoms with Crippen molar-refractivity contribution in [2.45, 2.75) is 13.8 Å². The number of hydrogen-bond acceptors (Lipinski definition) is 4. The molecule has 1 N–H and O–H groups in total. The minimum Gasteiger partial charge on any atom is -0.274 e. The van der Waals surface area contributed by atoms with Crippen LogP contribution in [0.4, 0.5) is 0 Å². The van der Waals surface area contributed by atoms with Gasteiger partial charge in [-0.05, 0) is 5.18 Å². The van der Waals surface area contributed by atoms with Gasteiger partial charge in [0.1, 0.15) is 0 Å². The quantitative estimate of drug-likeness (QED) is 0.182. The molecule has 0 fully saturated rings. The number of amidine groups is 1. The average Bonchev–Trinajstić information content (AvgIpc) is 2.15. The van der Waals surface area contributed by atoms with E-state index in [1.54, 1.807) is 0 Å². The van der Waals surface area contributed by atoms with E-state index in [1.807, 2.05) is 13.8 Å². The minimum absolute atomic E-state index is 0.657. The fourth-order valence-corrected chi connectivity index (χ4v) is 0.385. The molecule has 0 saturated carbocycles. The molecule has 0 rings (SSSR count). The third kappa shape index (κ3) is 5.42. The van der Waals surface area contributed by atoms with Crippen LogP contribution in [0.25, 0.3) is 0 Å². The van der Waals surface area contributed by atoms with Gasteiger partial charge in [0.15, 0.2) is 0 Å². The number of nitrogens with zero attached hydrogens (tertiary/aromatic N) is 2. The second-order valence-corrected chi connectivity index (χ2v) is 1.48. The second kappa shape index (κ2) is 8.25. The van der Waals surface area contributed by atoms with Crippen molar-refractivity contribution in [3.8, 4) is 0 Å². The zero-order valence-corrected chi connectivity index (χ0v) is 7.48. The molecule has 0 heterocycles. The first-order chi connectivity index (χ1) is 6.13. The van der Waals surface area contributed by atoms with Crippen LogP contribution in [0.3, 0.4) is 0 Å². The molecule has 0 aliphatic rings. The van der Waals surface area contributed by atoms with Gasteiger partial charge in [0.2, 0.25) is 0 Å². The summed E-state index contributed by atoms with van der Waals surface area (Å²) >= 11 is 0. The van der Waals surface area contributed by atoms with Crippen molar-refractivity contribution in [3.05, 3.63) is 39.4 Å². The van der Waals surface area contributed by atoms with Crippen LogP contribution in [0.5, 0.6) is 0 Å². The molecule has 0 aromatic heterocycles.